The molecule has 4 nitrogen and oxygen atoms in total. The van der Waals surface area contributed by atoms with Gasteiger partial charge in [-0.3, -0.25) is 4.79 Å². The number of hydrogen-bond acceptors (Lipinski definition) is 3. The average molecular weight is 226 g/mol. The first-order chi connectivity index (χ1) is 7.50. The third kappa shape index (κ3) is 2.38. The van der Waals surface area contributed by atoms with E-state index in [4.69, 9.17) is 5.73 Å². The molecule has 1 amide bonds. The number of aliphatic hydroxyl groups excluding tert-OH is 1. The highest BCUT2D eigenvalue weighted by Crippen LogP contribution is 2.33. The van der Waals surface area contributed by atoms with Gasteiger partial charge < -0.3 is 15.7 Å². The third-order valence-electron chi connectivity index (χ3n) is 4.07. The Labute approximate surface area is 96.8 Å². The Balaban J connectivity index is 1.85. The smallest absolute Gasteiger partial charge is 0.224 e. The molecular formula is C12H22N2O2. The molecule has 0 aromatic rings. The van der Waals surface area contributed by atoms with Gasteiger partial charge in [0.1, 0.15) is 0 Å². The summed E-state index contributed by atoms with van der Waals surface area (Å²) in [6, 6.07) is 0. The van der Waals surface area contributed by atoms with Crippen molar-refractivity contribution in [2.75, 3.05) is 13.1 Å². The molecule has 1 aliphatic carbocycles. The lowest BCUT2D eigenvalue weighted by atomic mass is 9.75. The van der Waals surface area contributed by atoms with Crippen molar-refractivity contribution in [1.82, 2.24) is 4.90 Å². The summed E-state index contributed by atoms with van der Waals surface area (Å²) in [6.45, 7) is 3.35. The minimum Gasteiger partial charge on any atom is -0.393 e. The molecule has 3 N–H and O–H groups in total. The van der Waals surface area contributed by atoms with Gasteiger partial charge >= 0.3 is 0 Å². The molecule has 1 saturated heterocycles. The molecule has 2 unspecified atom stereocenters. The van der Waals surface area contributed by atoms with Crippen LogP contribution in [0.1, 0.15) is 39.0 Å². The molecular weight excluding hydrogens is 204 g/mol. The second-order valence-corrected chi connectivity index (χ2v) is 5.57. The summed E-state index contributed by atoms with van der Waals surface area (Å²) in [5.41, 5.74) is 5.85. The predicted molar refractivity (Wildman–Crippen MR) is 61.8 cm³/mol. The van der Waals surface area contributed by atoms with Crippen molar-refractivity contribution in [3.05, 3.63) is 0 Å². The summed E-state index contributed by atoms with van der Waals surface area (Å²) >= 11 is 0. The molecule has 0 bridgehead atoms. The van der Waals surface area contributed by atoms with E-state index in [1.165, 1.54) is 0 Å². The van der Waals surface area contributed by atoms with Crippen LogP contribution in [0.15, 0.2) is 0 Å². The van der Waals surface area contributed by atoms with Gasteiger partial charge in [-0.2, -0.15) is 0 Å². The van der Waals surface area contributed by atoms with Crippen molar-refractivity contribution < 1.29 is 9.90 Å². The lowest BCUT2D eigenvalue weighted by Crippen LogP contribution is -2.52. The number of hydrogen-bond donors (Lipinski definition) is 2. The number of likely N-dealkylation sites (tertiary alicyclic amines) is 1. The predicted octanol–water partition coefficient (Wildman–Crippen LogP) is 0.487. The maximum atomic E-state index is 12.0. The summed E-state index contributed by atoms with van der Waals surface area (Å²) in [7, 11) is 0. The minimum absolute atomic E-state index is 0.168. The molecule has 2 atom stereocenters. The molecule has 1 heterocycles. The van der Waals surface area contributed by atoms with E-state index in [2.05, 4.69) is 0 Å². The zero-order valence-electron chi connectivity index (χ0n) is 9.98. The van der Waals surface area contributed by atoms with E-state index in [0.29, 0.717) is 25.9 Å². The fourth-order valence-electron chi connectivity index (χ4n) is 2.58. The Morgan fingerprint density at radius 1 is 1.56 bits per heavy atom. The topological polar surface area (TPSA) is 66.6 Å². The summed E-state index contributed by atoms with van der Waals surface area (Å²) in [6.07, 6.45) is 4.04. The van der Waals surface area contributed by atoms with Gasteiger partial charge in [0, 0.05) is 25.0 Å². The highest BCUT2D eigenvalue weighted by atomic mass is 16.3. The van der Waals surface area contributed by atoms with E-state index < -0.39 is 0 Å². The van der Waals surface area contributed by atoms with Gasteiger partial charge in [0.2, 0.25) is 5.91 Å². The monoisotopic (exact) mass is 226 g/mol. The van der Waals surface area contributed by atoms with Gasteiger partial charge in [0.15, 0.2) is 0 Å². The molecule has 2 fully saturated rings. The van der Waals surface area contributed by atoms with Gasteiger partial charge in [-0.05, 0) is 31.6 Å². The molecule has 16 heavy (non-hydrogen) atoms. The van der Waals surface area contributed by atoms with E-state index in [1.54, 1.807) is 0 Å². The fraction of sp³-hybridized carbons (Fsp3) is 0.917. The van der Waals surface area contributed by atoms with Crippen LogP contribution in [-0.4, -0.2) is 40.6 Å². The standard InChI is InChI=1S/C12H22N2O2/c1-9-8-14(6-3-10(9)15)11(16)7-12(13)4-2-5-12/h9-10,15H,2-8,13H2,1H3. The van der Waals surface area contributed by atoms with Crippen molar-refractivity contribution in [1.29, 1.82) is 0 Å². The third-order valence-corrected chi connectivity index (χ3v) is 4.07. The second kappa shape index (κ2) is 4.34. The molecule has 2 rings (SSSR count). The van der Waals surface area contributed by atoms with Crippen LogP contribution in [-0.2, 0) is 4.79 Å². The Kier molecular flexibility index (Phi) is 3.22. The lowest BCUT2D eigenvalue weighted by molar-refractivity contribution is -0.136. The summed E-state index contributed by atoms with van der Waals surface area (Å²) in [5, 5.41) is 9.60. The van der Waals surface area contributed by atoms with Crippen molar-refractivity contribution >= 4 is 5.91 Å². The number of rotatable bonds is 2. The Morgan fingerprint density at radius 3 is 2.75 bits per heavy atom. The summed E-state index contributed by atoms with van der Waals surface area (Å²) in [4.78, 5) is 13.9. The average Bonchev–Trinajstić information content (AvgIpc) is 2.19. The Bertz CT molecular complexity index is 276. The maximum Gasteiger partial charge on any atom is 0.224 e. The first-order valence-electron chi connectivity index (χ1n) is 6.25. The van der Waals surface area contributed by atoms with Gasteiger partial charge in [-0.25, -0.2) is 0 Å². The van der Waals surface area contributed by atoms with E-state index in [0.717, 1.165) is 19.3 Å². The van der Waals surface area contributed by atoms with Gasteiger partial charge in [0.05, 0.1) is 6.10 Å². The lowest BCUT2D eigenvalue weighted by Gasteiger charge is -2.41. The van der Waals surface area contributed by atoms with Crippen molar-refractivity contribution in [2.24, 2.45) is 11.7 Å². The van der Waals surface area contributed by atoms with Crippen molar-refractivity contribution in [3.63, 3.8) is 0 Å². The highest BCUT2D eigenvalue weighted by molar-refractivity contribution is 5.77. The van der Waals surface area contributed by atoms with Crippen LogP contribution in [0.3, 0.4) is 0 Å². The van der Waals surface area contributed by atoms with E-state index >= 15 is 0 Å². The number of nitrogens with zero attached hydrogens (tertiary/aromatic N) is 1. The number of aliphatic hydroxyl groups is 1. The molecule has 0 aromatic carbocycles. The van der Waals surface area contributed by atoms with Crippen LogP contribution in [0, 0.1) is 5.92 Å². The van der Waals surface area contributed by atoms with Gasteiger partial charge in [-0.15, -0.1) is 0 Å². The SMILES string of the molecule is CC1CN(C(=O)CC2(N)CCC2)CCC1O. The zero-order chi connectivity index (χ0) is 11.8. The normalized spacial score (nSPS) is 33.3. The molecule has 2 aliphatic rings. The van der Waals surface area contributed by atoms with Crippen molar-refractivity contribution in [3.8, 4) is 0 Å². The molecule has 0 spiro atoms. The summed E-state index contributed by atoms with van der Waals surface area (Å²) < 4.78 is 0. The first-order valence-corrected chi connectivity index (χ1v) is 6.25. The quantitative estimate of drug-likeness (QED) is 0.720. The molecule has 0 radical (unpaired) electrons. The van der Waals surface area contributed by atoms with Crippen LogP contribution >= 0.6 is 0 Å². The number of nitrogens with two attached hydrogens (primary N) is 1. The molecule has 92 valence electrons. The molecule has 1 saturated carbocycles. The minimum atomic E-state index is -0.250. The van der Waals surface area contributed by atoms with Crippen LogP contribution in [0.25, 0.3) is 0 Å². The van der Waals surface area contributed by atoms with Crippen molar-refractivity contribution in [2.45, 2.75) is 50.7 Å². The zero-order valence-corrected chi connectivity index (χ0v) is 9.98. The molecule has 4 heteroatoms. The van der Waals surface area contributed by atoms with Crippen LogP contribution in [0.5, 0.6) is 0 Å². The molecule has 0 aromatic heterocycles. The first kappa shape index (κ1) is 11.9. The highest BCUT2D eigenvalue weighted by Gasteiger charge is 2.37. The van der Waals surface area contributed by atoms with Crippen LogP contribution in [0.2, 0.25) is 0 Å². The largest absolute Gasteiger partial charge is 0.393 e. The van der Waals surface area contributed by atoms with E-state index in [9.17, 15) is 9.90 Å². The number of carbonyl (C=O) groups is 1. The number of piperidine rings is 1. The molecule has 1 aliphatic heterocycles. The fourth-order valence-corrected chi connectivity index (χ4v) is 2.58. The maximum absolute atomic E-state index is 12.0. The van der Waals surface area contributed by atoms with Gasteiger partial charge in [0.25, 0.3) is 0 Å². The number of amides is 1. The van der Waals surface area contributed by atoms with Crippen LogP contribution < -0.4 is 5.73 Å². The van der Waals surface area contributed by atoms with Gasteiger partial charge in [-0.1, -0.05) is 6.92 Å². The van der Waals surface area contributed by atoms with E-state index in [1.807, 2.05) is 11.8 Å². The Morgan fingerprint density at radius 2 is 2.25 bits per heavy atom. The van der Waals surface area contributed by atoms with Crippen LogP contribution in [0.4, 0.5) is 0 Å². The second-order valence-electron chi connectivity index (χ2n) is 5.57. The number of carbonyl (C=O) groups excluding carboxylic acids is 1. The summed E-state index contributed by atoms with van der Waals surface area (Å²) in [5.74, 6) is 0.355. The van der Waals surface area contributed by atoms with E-state index in [-0.39, 0.29) is 23.5 Å². The Hall–Kier alpha value is -0.610.